The van der Waals surface area contributed by atoms with Crippen LogP contribution in [0.25, 0.3) is 0 Å². The van der Waals surface area contributed by atoms with Crippen LogP contribution in [0, 0.1) is 6.92 Å². The van der Waals surface area contributed by atoms with Gasteiger partial charge in [-0.3, -0.25) is 0 Å². The summed E-state index contributed by atoms with van der Waals surface area (Å²) in [5, 5.41) is 0. The zero-order chi connectivity index (χ0) is 17.1. The Morgan fingerprint density at radius 2 is 1.52 bits per heavy atom. The largest absolute Gasteiger partial charge is 0.558 e. The molecular weight excluding hydrogens is 309 g/mol. The van der Waals surface area contributed by atoms with Crippen molar-refractivity contribution in [1.29, 1.82) is 0 Å². The van der Waals surface area contributed by atoms with E-state index in [-0.39, 0.29) is 0 Å². The molecule has 1 rings (SSSR count). The topological polar surface area (TPSA) is 3.88 Å². The lowest BCUT2D eigenvalue weighted by atomic mass is 9.80. The lowest BCUT2D eigenvalue weighted by molar-refractivity contribution is -0.716. The van der Waals surface area contributed by atoms with Gasteiger partial charge in [0, 0.05) is 11.6 Å². The Morgan fingerprint density at radius 3 is 1.71 bits per heavy atom. The molecule has 122 valence electrons. The summed E-state index contributed by atoms with van der Waals surface area (Å²) in [6.07, 6.45) is -2.30. The number of aryl methyl sites for hydroxylation is 1. The molecule has 1 nitrogen and oxygen atoms in total. The van der Waals surface area contributed by atoms with Crippen LogP contribution in [0.3, 0.4) is 0 Å². The third kappa shape index (κ3) is 5.51. The van der Waals surface area contributed by atoms with E-state index in [1.807, 2.05) is 0 Å². The minimum atomic E-state index is -7.21. The van der Waals surface area contributed by atoms with Gasteiger partial charge in [-0.2, -0.15) is 13.2 Å². The van der Waals surface area contributed by atoms with Crippen LogP contribution in [0.1, 0.15) is 25.5 Å². The maximum atomic E-state index is 11.2. The number of halogens is 8. The van der Waals surface area contributed by atoms with E-state index in [2.05, 4.69) is 49.9 Å². The fourth-order valence-electron chi connectivity index (χ4n) is 1.12. The molecule has 0 aliphatic rings. The molecule has 21 heavy (non-hydrogen) atoms. The van der Waals surface area contributed by atoms with Crippen molar-refractivity contribution in [3.63, 3.8) is 0 Å². The number of aromatic nitrogens is 1. The zero-order valence-electron chi connectivity index (χ0n) is 11.4. The van der Waals surface area contributed by atoms with Crippen LogP contribution in [-0.4, -0.2) is 19.0 Å². The number of pyridine rings is 1. The Hall–Kier alpha value is -1.35. The smallest absolute Gasteiger partial charge is 0.445 e. The van der Waals surface area contributed by atoms with E-state index in [0.717, 1.165) is 0 Å². The van der Waals surface area contributed by atoms with Crippen molar-refractivity contribution in [2.24, 2.45) is 0 Å². The first kappa shape index (κ1) is 19.7. The fraction of sp³-hybridized carbons (Fsp3) is 0.545. The predicted octanol–water partition coefficient (Wildman–Crippen LogP) is 4.43. The van der Waals surface area contributed by atoms with Crippen molar-refractivity contribution in [3.8, 4) is 0 Å². The predicted molar refractivity (Wildman–Crippen MR) is 61.8 cm³/mol. The lowest BCUT2D eigenvalue weighted by Crippen LogP contribution is -2.53. The summed E-state index contributed by atoms with van der Waals surface area (Å²) >= 11 is 0. The number of rotatable bonds is 2. The summed E-state index contributed by atoms with van der Waals surface area (Å²) in [5.74, 6) is -6.56. The van der Waals surface area contributed by atoms with E-state index < -0.39 is 19.0 Å². The summed E-state index contributed by atoms with van der Waals surface area (Å²) < 4.78 is 90.0. The molecule has 0 N–H and O–H groups in total. The van der Waals surface area contributed by atoms with Gasteiger partial charge in [-0.25, -0.2) is 13.3 Å². The minimum Gasteiger partial charge on any atom is -0.445 e. The third-order valence-corrected chi connectivity index (χ3v) is 2.36. The molecule has 0 saturated heterocycles. The average molecular weight is 323 g/mol. The number of alkyl halides is 5. The molecule has 0 bridgehead atoms. The number of hydrogen-bond acceptors (Lipinski definition) is 0. The molecule has 0 aliphatic carbocycles. The highest BCUT2D eigenvalue weighted by Crippen LogP contribution is 2.43. The molecule has 0 unspecified atom stereocenters. The summed E-state index contributed by atoms with van der Waals surface area (Å²) in [7, 11) is 0. The van der Waals surface area contributed by atoms with Crippen molar-refractivity contribution >= 4 is 6.98 Å². The van der Waals surface area contributed by atoms with E-state index in [1.54, 1.807) is 0 Å². The van der Waals surface area contributed by atoms with Crippen LogP contribution in [0.2, 0.25) is 0 Å². The van der Waals surface area contributed by atoms with E-state index in [9.17, 15) is 34.9 Å². The molecule has 1 aromatic heterocycles. The van der Waals surface area contributed by atoms with Gasteiger partial charge in [-0.15, -0.1) is 0 Å². The number of nitrogens with zero attached hydrogens (tertiary/aromatic N) is 1. The second-order valence-electron chi connectivity index (χ2n) is 4.62. The summed E-state index contributed by atoms with van der Waals surface area (Å²) in [5.41, 5.74) is 1.32. The number of hydrogen-bond donors (Lipinski definition) is 0. The van der Waals surface area contributed by atoms with Crippen molar-refractivity contribution in [1.82, 2.24) is 0 Å². The Labute approximate surface area is 116 Å². The SMILES string of the molecule is Cc1ccc[n+](C(C)C)c1.F[B-](F)(F)C(F)(F)C(F)(F)F. The van der Waals surface area contributed by atoms with Gasteiger partial charge in [0.15, 0.2) is 18.4 Å². The first-order valence-corrected chi connectivity index (χ1v) is 5.81. The molecule has 0 fully saturated rings. The van der Waals surface area contributed by atoms with Gasteiger partial charge >= 0.3 is 19.0 Å². The molecule has 0 saturated carbocycles. The highest BCUT2D eigenvalue weighted by molar-refractivity contribution is 6.61. The van der Waals surface area contributed by atoms with Crippen LogP contribution in [0.15, 0.2) is 24.5 Å². The van der Waals surface area contributed by atoms with Gasteiger partial charge in [0.2, 0.25) is 0 Å². The van der Waals surface area contributed by atoms with Gasteiger partial charge in [-0.05, 0) is 26.8 Å². The molecule has 0 radical (unpaired) electrons. The van der Waals surface area contributed by atoms with Crippen molar-refractivity contribution in [2.75, 3.05) is 0 Å². The summed E-state index contributed by atoms with van der Waals surface area (Å²) in [4.78, 5) is 0. The van der Waals surface area contributed by atoms with E-state index in [4.69, 9.17) is 0 Å². The first-order valence-electron chi connectivity index (χ1n) is 5.81. The molecule has 10 heteroatoms. The molecule has 0 atom stereocenters. The Bertz CT molecular complexity index is 436. The molecular formula is C11H14BF8N. The molecule has 1 aromatic rings. The maximum Gasteiger partial charge on any atom is 0.558 e. The first-order chi connectivity index (χ1) is 9.20. The second kappa shape index (κ2) is 6.61. The highest BCUT2D eigenvalue weighted by atomic mass is 19.4. The van der Waals surface area contributed by atoms with Crippen molar-refractivity contribution < 1.29 is 39.5 Å². The normalized spacial score (nSPS) is 13.0. The van der Waals surface area contributed by atoms with Crippen LogP contribution in [0.5, 0.6) is 0 Å². The monoisotopic (exact) mass is 323 g/mol. The maximum absolute atomic E-state index is 11.2. The van der Waals surface area contributed by atoms with E-state index in [1.165, 1.54) is 5.56 Å². The average Bonchev–Trinajstić information content (AvgIpc) is 2.26. The fourth-order valence-corrected chi connectivity index (χ4v) is 1.12. The van der Waals surface area contributed by atoms with Crippen molar-refractivity contribution in [3.05, 3.63) is 30.1 Å². The van der Waals surface area contributed by atoms with Crippen LogP contribution >= 0.6 is 0 Å². The quantitative estimate of drug-likeness (QED) is 0.431. The highest BCUT2D eigenvalue weighted by Gasteiger charge is 2.69. The molecule has 1 heterocycles. The summed E-state index contributed by atoms with van der Waals surface area (Å²) in [6, 6.07) is 4.76. The molecule has 0 aromatic carbocycles. The van der Waals surface area contributed by atoms with Gasteiger partial charge in [-0.1, -0.05) is 0 Å². The van der Waals surface area contributed by atoms with Gasteiger partial charge in [0.1, 0.15) is 0 Å². The molecule has 0 amide bonds. The molecule has 0 aliphatic heterocycles. The van der Waals surface area contributed by atoms with Crippen LogP contribution in [0.4, 0.5) is 34.9 Å². The Balaban J connectivity index is 0.000000382. The lowest BCUT2D eigenvalue weighted by Gasteiger charge is -2.28. The third-order valence-electron chi connectivity index (χ3n) is 2.36. The van der Waals surface area contributed by atoms with E-state index >= 15 is 0 Å². The summed E-state index contributed by atoms with van der Waals surface area (Å²) in [6.45, 7) is -0.738. The van der Waals surface area contributed by atoms with E-state index in [0.29, 0.717) is 6.04 Å². The van der Waals surface area contributed by atoms with Gasteiger partial charge in [0.25, 0.3) is 0 Å². The standard InChI is InChI=1S/C9H14N.C2BF8/c1-8(2)10-6-4-5-9(3)7-10;4-1(5,2(6,7)8)3(9,10)11/h4-8H,1-3H3;/q+1;-1. The van der Waals surface area contributed by atoms with Crippen molar-refractivity contribution in [2.45, 2.75) is 38.8 Å². The zero-order valence-corrected chi connectivity index (χ0v) is 11.4. The minimum absolute atomic E-state index is 0.569. The molecule has 0 spiro atoms. The van der Waals surface area contributed by atoms with Crippen LogP contribution in [-0.2, 0) is 0 Å². The van der Waals surface area contributed by atoms with Crippen LogP contribution < -0.4 is 4.57 Å². The van der Waals surface area contributed by atoms with Gasteiger partial charge < -0.3 is 12.9 Å². The Kier molecular flexibility index (Phi) is 6.19. The second-order valence-corrected chi connectivity index (χ2v) is 4.62. The Morgan fingerprint density at radius 1 is 1.05 bits per heavy atom. The van der Waals surface area contributed by atoms with Gasteiger partial charge in [0.05, 0.1) is 0 Å².